The Morgan fingerprint density at radius 2 is 1.81 bits per heavy atom. The van der Waals surface area contributed by atoms with Gasteiger partial charge in [-0.05, 0) is 60.1 Å². The molecule has 0 bridgehead atoms. The van der Waals surface area contributed by atoms with Crippen LogP contribution in [0.2, 0.25) is 0 Å². The molecule has 1 saturated heterocycles. The molecule has 5 aromatic rings. The molecule has 0 saturated carbocycles. The monoisotopic (exact) mass is 576 g/mol. The third-order valence-corrected chi connectivity index (χ3v) is 7.68. The number of hydrogen-bond donors (Lipinski definition) is 2. The van der Waals surface area contributed by atoms with E-state index < -0.39 is 5.97 Å². The van der Waals surface area contributed by atoms with Gasteiger partial charge in [0, 0.05) is 35.8 Å². The number of esters is 1. The van der Waals surface area contributed by atoms with Gasteiger partial charge in [0.05, 0.1) is 24.4 Å². The van der Waals surface area contributed by atoms with Crippen LogP contribution >= 0.6 is 12.2 Å². The molecule has 1 fully saturated rings. The Balaban J connectivity index is 1.26. The highest BCUT2D eigenvalue weighted by Crippen LogP contribution is 2.40. The summed E-state index contributed by atoms with van der Waals surface area (Å²) in [6, 6.07) is 29.7. The Morgan fingerprint density at radius 3 is 2.64 bits per heavy atom. The van der Waals surface area contributed by atoms with E-state index in [1.165, 1.54) is 7.11 Å². The van der Waals surface area contributed by atoms with Crippen LogP contribution in [-0.4, -0.2) is 40.5 Å². The van der Waals surface area contributed by atoms with Gasteiger partial charge in [-0.15, -0.1) is 0 Å². The fourth-order valence-electron chi connectivity index (χ4n) is 5.31. The number of hydrogen-bond acceptors (Lipinski definition) is 6. The molecule has 3 heterocycles. The Labute approximate surface area is 248 Å². The highest BCUT2D eigenvalue weighted by atomic mass is 32.1. The van der Waals surface area contributed by atoms with Gasteiger partial charge in [0.1, 0.15) is 17.6 Å². The zero-order chi connectivity index (χ0) is 29.1. The molecule has 1 amide bonds. The standard InChI is InChI=1S/C33H28N4O4S/c1-40-32(39)23-11-6-10-22(20-23)27-15-16-28(41-27)31-30(26-13-4-5-18-34-26)36-33(42)37(31)19-17-29(38)35-25-14-7-9-21-8-2-3-12-24(21)25/h2-16,18,20,30-31H,17,19H2,1H3,(H,35,38)(H,36,42)/t30-,31-/m1/s1. The first-order valence-electron chi connectivity index (χ1n) is 13.6. The highest BCUT2D eigenvalue weighted by molar-refractivity contribution is 7.80. The van der Waals surface area contributed by atoms with Crippen molar-refractivity contribution in [2.45, 2.75) is 18.5 Å². The molecule has 0 unspecified atom stereocenters. The van der Waals surface area contributed by atoms with E-state index in [9.17, 15) is 9.59 Å². The van der Waals surface area contributed by atoms with Crippen molar-refractivity contribution < 1.29 is 18.7 Å². The number of pyridine rings is 1. The summed E-state index contributed by atoms with van der Waals surface area (Å²) in [6.07, 6.45) is 1.95. The van der Waals surface area contributed by atoms with Gasteiger partial charge in [-0.1, -0.05) is 54.6 Å². The van der Waals surface area contributed by atoms with Gasteiger partial charge in [-0.2, -0.15) is 0 Å². The number of fused-ring (bicyclic) bond motifs is 1. The minimum Gasteiger partial charge on any atom is -0.465 e. The molecule has 2 aromatic heterocycles. The van der Waals surface area contributed by atoms with E-state index >= 15 is 0 Å². The van der Waals surface area contributed by atoms with Crippen LogP contribution in [0.4, 0.5) is 5.69 Å². The molecular weight excluding hydrogens is 548 g/mol. The quantitative estimate of drug-likeness (QED) is 0.165. The van der Waals surface area contributed by atoms with Gasteiger partial charge in [0.2, 0.25) is 5.91 Å². The van der Waals surface area contributed by atoms with Crippen LogP contribution in [0.3, 0.4) is 0 Å². The summed E-state index contributed by atoms with van der Waals surface area (Å²) in [4.78, 5) is 31.8. The van der Waals surface area contributed by atoms with Crippen LogP contribution in [0.15, 0.2) is 108 Å². The maximum absolute atomic E-state index is 13.1. The number of ether oxygens (including phenoxy) is 1. The summed E-state index contributed by atoms with van der Waals surface area (Å²) in [5.41, 5.74) is 2.75. The first-order chi connectivity index (χ1) is 20.5. The lowest BCUT2D eigenvalue weighted by Gasteiger charge is -2.26. The number of thiocarbonyl (C=S) groups is 1. The number of carbonyl (C=O) groups excluding carboxylic acids is 2. The summed E-state index contributed by atoms with van der Waals surface area (Å²) in [5.74, 6) is 0.721. The average molecular weight is 577 g/mol. The van der Waals surface area contributed by atoms with Gasteiger partial charge in [0.15, 0.2) is 5.11 Å². The normalized spacial score (nSPS) is 16.3. The van der Waals surface area contributed by atoms with Crippen LogP contribution in [0, 0.1) is 0 Å². The van der Waals surface area contributed by atoms with Crippen LogP contribution in [0.25, 0.3) is 22.1 Å². The summed E-state index contributed by atoms with van der Waals surface area (Å²) >= 11 is 5.76. The first-order valence-corrected chi connectivity index (χ1v) is 14.0. The second-order valence-corrected chi connectivity index (χ2v) is 10.3. The van der Waals surface area contributed by atoms with Crippen molar-refractivity contribution >= 4 is 45.7 Å². The Hall–Kier alpha value is -5.02. The van der Waals surface area contributed by atoms with E-state index in [-0.39, 0.29) is 24.4 Å². The molecular formula is C33H28N4O4S. The van der Waals surface area contributed by atoms with Crippen LogP contribution in [0.5, 0.6) is 0 Å². The maximum Gasteiger partial charge on any atom is 0.337 e. The summed E-state index contributed by atoms with van der Waals surface area (Å²) in [5, 5.41) is 9.01. The van der Waals surface area contributed by atoms with E-state index in [1.54, 1.807) is 24.4 Å². The highest BCUT2D eigenvalue weighted by Gasteiger charge is 2.41. The third-order valence-electron chi connectivity index (χ3n) is 7.33. The van der Waals surface area contributed by atoms with Gasteiger partial charge < -0.3 is 24.7 Å². The topological polar surface area (TPSA) is 96.7 Å². The SMILES string of the molecule is COC(=O)c1cccc(-c2ccc([C@@H]3[C@@H](c4ccccn4)NC(=S)N3CCC(=O)Nc3cccc4ccccc34)o2)c1. The molecule has 2 atom stereocenters. The summed E-state index contributed by atoms with van der Waals surface area (Å²) in [7, 11) is 1.35. The summed E-state index contributed by atoms with van der Waals surface area (Å²) < 4.78 is 11.3. The number of anilines is 1. The minimum atomic E-state index is -0.419. The number of amides is 1. The number of nitrogens with zero attached hydrogens (tertiary/aromatic N) is 2. The van der Waals surface area contributed by atoms with Gasteiger partial charge in [-0.3, -0.25) is 9.78 Å². The Morgan fingerprint density at radius 1 is 1.00 bits per heavy atom. The zero-order valence-corrected chi connectivity index (χ0v) is 23.6. The van der Waals surface area contributed by atoms with Crippen molar-refractivity contribution in [2.24, 2.45) is 0 Å². The predicted molar refractivity (Wildman–Crippen MR) is 165 cm³/mol. The van der Waals surface area contributed by atoms with Crippen molar-refractivity contribution in [2.75, 3.05) is 19.0 Å². The Kier molecular flexibility index (Phi) is 7.66. The van der Waals surface area contributed by atoms with E-state index in [0.29, 0.717) is 28.7 Å². The fourth-order valence-corrected chi connectivity index (χ4v) is 5.64. The molecule has 9 heteroatoms. The lowest BCUT2D eigenvalue weighted by atomic mass is 10.0. The van der Waals surface area contributed by atoms with E-state index in [4.69, 9.17) is 21.4 Å². The Bertz CT molecular complexity index is 1770. The van der Waals surface area contributed by atoms with Crippen LogP contribution in [-0.2, 0) is 9.53 Å². The van der Waals surface area contributed by atoms with Crippen LogP contribution in [0.1, 0.15) is 40.3 Å². The van der Waals surface area contributed by atoms with E-state index in [1.807, 2.05) is 83.8 Å². The second kappa shape index (κ2) is 11.8. The molecule has 0 radical (unpaired) electrons. The number of furan rings is 1. The number of aromatic nitrogens is 1. The lowest BCUT2D eigenvalue weighted by Crippen LogP contribution is -2.32. The number of methoxy groups -OCH3 is 1. The van der Waals surface area contributed by atoms with Crippen molar-refractivity contribution in [3.8, 4) is 11.3 Å². The number of carbonyl (C=O) groups is 2. The molecule has 210 valence electrons. The fraction of sp³-hybridized carbons (Fsp3) is 0.152. The van der Waals surface area contributed by atoms with Gasteiger partial charge >= 0.3 is 5.97 Å². The second-order valence-electron chi connectivity index (χ2n) is 9.92. The smallest absolute Gasteiger partial charge is 0.337 e. The minimum absolute atomic E-state index is 0.117. The molecule has 2 N–H and O–H groups in total. The molecule has 6 rings (SSSR count). The average Bonchev–Trinajstić information content (AvgIpc) is 3.65. The maximum atomic E-state index is 13.1. The molecule has 1 aliphatic rings. The molecule has 0 spiro atoms. The van der Waals surface area contributed by atoms with E-state index in [0.717, 1.165) is 27.7 Å². The van der Waals surface area contributed by atoms with Crippen LogP contribution < -0.4 is 10.6 Å². The molecule has 3 aromatic carbocycles. The predicted octanol–water partition coefficient (Wildman–Crippen LogP) is 6.28. The number of benzene rings is 3. The summed E-state index contributed by atoms with van der Waals surface area (Å²) in [6.45, 7) is 0.365. The molecule has 1 aliphatic heterocycles. The molecule has 42 heavy (non-hydrogen) atoms. The zero-order valence-electron chi connectivity index (χ0n) is 22.8. The van der Waals surface area contributed by atoms with Gasteiger partial charge in [-0.25, -0.2) is 4.79 Å². The van der Waals surface area contributed by atoms with Crippen molar-refractivity contribution in [1.29, 1.82) is 0 Å². The van der Waals surface area contributed by atoms with E-state index in [2.05, 4.69) is 15.6 Å². The van der Waals surface area contributed by atoms with Crippen molar-refractivity contribution in [1.82, 2.24) is 15.2 Å². The first kappa shape index (κ1) is 27.2. The number of rotatable bonds is 8. The number of nitrogens with one attached hydrogen (secondary N) is 2. The lowest BCUT2D eigenvalue weighted by molar-refractivity contribution is -0.116. The van der Waals surface area contributed by atoms with Gasteiger partial charge in [0.25, 0.3) is 0 Å². The third kappa shape index (κ3) is 5.46. The molecule has 0 aliphatic carbocycles. The largest absolute Gasteiger partial charge is 0.465 e. The molecule has 8 nitrogen and oxygen atoms in total. The van der Waals surface area contributed by atoms with Crippen molar-refractivity contribution in [3.05, 3.63) is 120 Å². The van der Waals surface area contributed by atoms with Crippen molar-refractivity contribution in [3.63, 3.8) is 0 Å².